The predicted octanol–water partition coefficient (Wildman–Crippen LogP) is 22.1. The van der Waals surface area contributed by atoms with Crippen molar-refractivity contribution < 1.29 is 63.3 Å². The average Bonchev–Trinajstić information content (AvgIpc) is 0.834. The van der Waals surface area contributed by atoms with E-state index in [9.17, 15) is 19.2 Å². The Morgan fingerprint density at radius 2 is 0.589 bits per heavy atom. The maximum atomic E-state index is 11.0. The standard InChI is InChI=1S/C24H23ClO4.C22H18BrClO3.C22H19ClO3.C22H20O3/c1-2-28-22-15-21(25)14-20(23(22)29-16-18-6-4-3-5-7-18)13-10-17-8-11-19(12-9-17)24(26)27;23-20-13-19(24)12-18(21(20)27-14-16-4-2-1-3-5-16)11-8-15-6-9-17(10-7-15)22(25)26;23-20-12-13-21(26-15-17-4-2-1-3-5-17)19(14-20)11-8-16-6-9-18(10-7-16)22(24)25;23-22(24)20-14-11-17(12-15-20)10-13-19-8-4-5-9-21(19)25-16-18-6-2-1-3-7-18/h3-9,11-12,14-15H,2,10,13,16H2,1H3,(H,26,27);1-7,9-10,12-13H,8,11,14H2,(H,25,26);1-7,9-10,12-14H,8,11,15H2,(H,24,25);1-9,11-12,14-15H,10,13,16H2,(H,23,24). The van der Waals surface area contributed by atoms with Gasteiger partial charge in [-0.05, 0) is 232 Å². The molecule has 0 spiro atoms. The number of para-hydroxylation sites is 1. The highest BCUT2D eigenvalue weighted by molar-refractivity contribution is 9.10. The van der Waals surface area contributed by atoms with E-state index in [1.807, 2.05) is 231 Å². The monoisotopic (exact) mass is 1550 g/mol. The van der Waals surface area contributed by atoms with Gasteiger partial charge in [-0.1, -0.05) is 223 Å². The molecular formula is C90H80BrCl3O13. The number of ether oxygens (including phenoxy) is 5. The predicted molar refractivity (Wildman–Crippen MR) is 426 cm³/mol. The lowest BCUT2D eigenvalue weighted by Crippen LogP contribution is -2.04. The van der Waals surface area contributed by atoms with Crippen molar-refractivity contribution in [2.45, 2.75) is 84.7 Å². The summed E-state index contributed by atoms with van der Waals surface area (Å²) in [5.41, 5.74) is 14.0. The Kier molecular flexibility index (Phi) is 31.5. The summed E-state index contributed by atoms with van der Waals surface area (Å²) in [6.07, 6.45) is 6.14. The smallest absolute Gasteiger partial charge is 0.335 e. The van der Waals surface area contributed by atoms with Crippen LogP contribution in [-0.2, 0) is 77.8 Å². The summed E-state index contributed by atoms with van der Waals surface area (Å²) in [7, 11) is 0. The second kappa shape index (κ2) is 42.1. The summed E-state index contributed by atoms with van der Waals surface area (Å²) in [4.78, 5) is 43.8. The molecule has 0 bridgehead atoms. The van der Waals surface area contributed by atoms with Crippen LogP contribution in [0.2, 0.25) is 15.1 Å². The SMILES string of the molecule is CCOc1cc(Cl)cc(CCc2ccc(C(=O)O)cc2)c1OCc1ccccc1.O=C(O)c1ccc(CCc2cc(Cl)cc(Br)c2OCc2ccccc2)cc1.O=C(O)c1ccc(CCc2cc(Cl)ccc2OCc2ccccc2)cc1.O=C(O)c1ccc(CCc2ccccc2OCc2ccccc2)cc1. The molecule has 4 N–H and O–H groups in total. The molecule has 0 saturated carbocycles. The molecule has 0 aliphatic carbocycles. The number of carbonyl (C=O) groups is 4. The van der Waals surface area contributed by atoms with E-state index in [-0.39, 0.29) is 11.1 Å². The molecule has 0 fully saturated rings. The van der Waals surface area contributed by atoms with Gasteiger partial charge in [0.1, 0.15) is 43.7 Å². The van der Waals surface area contributed by atoms with Crippen molar-refractivity contribution in [1.29, 1.82) is 0 Å². The van der Waals surface area contributed by atoms with E-state index in [1.54, 1.807) is 54.6 Å². The Morgan fingerprint density at radius 3 is 0.972 bits per heavy atom. The summed E-state index contributed by atoms with van der Waals surface area (Å²) in [6, 6.07) is 89.0. The molecule has 0 radical (unpaired) electrons. The van der Waals surface area contributed by atoms with Gasteiger partial charge < -0.3 is 44.1 Å². The van der Waals surface area contributed by atoms with Gasteiger partial charge in [0.2, 0.25) is 0 Å². The van der Waals surface area contributed by atoms with Crippen molar-refractivity contribution >= 4 is 74.6 Å². The molecule has 107 heavy (non-hydrogen) atoms. The Hall–Kier alpha value is -11.1. The average molecular weight is 1560 g/mol. The largest absolute Gasteiger partial charge is 0.490 e. The zero-order chi connectivity index (χ0) is 75.7. The van der Waals surface area contributed by atoms with Crippen LogP contribution in [0.25, 0.3) is 0 Å². The summed E-state index contributed by atoms with van der Waals surface area (Å²) >= 11 is 22.2. The van der Waals surface area contributed by atoms with Crippen molar-refractivity contribution in [3.8, 4) is 28.7 Å². The zero-order valence-corrected chi connectivity index (χ0v) is 62.7. The van der Waals surface area contributed by atoms with Gasteiger partial charge in [0.25, 0.3) is 0 Å². The van der Waals surface area contributed by atoms with E-state index in [0.29, 0.717) is 77.1 Å². The van der Waals surface area contributed by atoms with E-state index in [0.717, 1.165) is 133 Å². The summed E-state index contributed by atoms with van der Waals surface area (Å²) in [6.45, 7) is 4.39. The first-order chi connectivity index (χ1) is 51.9. The number of aryl methyl sites for hydroxylation is 8. The van der Waals surface area contributed by atoms with Crippen LogP contribution in [0.4, 0.5) is 0 Å². The fraction of sp³-hybridized carbons (Fsp3) is 0.156. The zero-order valence-electron chi connectivity index (χ0n) is 58.8. The van der Waals surface area contributed by atoms with Crippen LogP contribution in [0, 0.1) is 0 Å². The minimum atomic E-state index is -0.927. The fourth-order valence-electron chi connectivity index (χ4n) is 11.2. The maximum absolute atomic E-state index is 11.0. The van der Waals surface area contributed by atoms with Crippen molar-refractivity contribution in [3.63, 3.8) is 0 Å². The van der Waals surface area contributed by atoms with Crippen LogP contribution in [0.3, 0.4) is 0 Å². The van der Waals surface area contributed by atoms with Gasteiger partial charge in [-0.25, -0.2) is 19.2 Å². The first-order valence-electron chi connectivity index (χ1n) is 34.7. The van der Waals surface area contributed by atoms with Gasteiger partial charge in [0.15, 0.2) is 11.5 Å². The molecular weight excluding hydrogens is 1480 g/mol. The fourth-order valence-corrected chi connectivity index (χ4v) is 12.6. The number of benzene rings is 12. The lowest BCUT2D eigenvalue weighted by molar-refractivity contribution is 0.0686. The molecule has 0 aliphatic rings. The summed E-state index contributed by atoms with van der Waals surface area (Å²) in [5.74, 6) is 0.171. The van der Waals surface area contributed by atoms with Crippen LogP contribution < -0.4 is 23.7 Å². The summed E-state index contributed by atoms with van der Waals surface area (Å²) in [5, 5.41) is 37.9. The van der Waals surface area contributed by atoms with Gasteiger partial charge in [-0.15, -0.1) is 0 Å². The number of aromatic carboxylic acids is 4. The first kappa shape index (κ1) is 80.0. The summed E-state index contributed by atoms with van der Waals surface area (Å²) < 4.78 is 30.8. The second-order valence-corrected chi connectivity index (χ2v) is 26.8. The third kappa shape index (κ3) is 26.5. The number of carboxylic acids is 4. The first-order valence-corrected chi connectivity index (χ1v) is 36.6. The highest BCUT2D eigenvalue weighted by Crippen LogP contribution is 2.38. The van der Waals surface area contributed by atoms with Gasteiger partial charge in [-0.2, -0.15) is 0 Å². The molecule has 17 heteroatoms. The number of hydrogen-bond donors (Lipinski definition) is 4. The van der Waals surface area contributed by atoms with Crippen LogP contribution in [0.15, 0.2) is 290 Å². The van der Waals surface area contributed by atoms with Crippen molar-refractivity contribution in [2.24, 2.45) is 0 Å². The van der Waals surface area contributed by atoms with E-state index in [4.69, 9.17) is 78.9 Å². The molecule has 0 heterocycles. The van der Waals surface area contributed by atoms with Crippen molar-refractivity contribution in [3.05, 3.63) is 394 Å². The number of halogens is 4. The third-order valence-corrected chi connectivity index (χ3v) is 18.2. The molecule has 0 aliphatic heterocycles. The Balaban J connectivity index is 0.000000165. The third-order valence-electron chi connectivity index (χ3n) is 16.9. The molecule has 0 saturated heterocycles. The number of rotatable bonds is 30. The number of carboxylic acid groups (broad SMARTS) is 4. The van der Waals surface area contributed by atoms with Crippen molar-refractivity contribution in [2.75, 3.05) is 6.61 Å². The molecule has 13 nitrogen and oxygen atoms in total. The molecule has 12 aromatic rings. The highest BCUT2D eigenvalue weighted by Gasteiger charge is 2.17. The van der Waals surface area contributed by atoms with Gasteiger partial charge in [0.05, 0.1) is 33.3 Å². The molecule has 0 unspecified atom stereocenters. The van der Waals surface area contributed by atoms with Gasteiger partial charge in [-0.3, -0.25) is 0 Å². The van der Waals surface area contributed by atoms with Crippen molar-refractivity contribution in [1.82, 2.24) is 0 Å². The van der Waals surface area contributed by atoms with E-state index in [1.165, 1.54) is 0 Å². The Morgan fingerprint density at radius 1 is 0.280 bits per heavy atom. The minimum Gasteiger partial charge on any atom is -0.490 e. The quantitative estimate of drug-likeness (QED) is 0.0332. The van der Waals surface area contributed by atoms with Crippen LogP contribution in [0.5, 0.6) is 28.7 Å². The molecule has 12 aromatic carbocycles. The molecule has 0 aromatic heterocycles. The highest BCUT2D eigenvalue weighted by atomic mass is 79.9. The molecule has 12 rings (SSSR count). The topological polar surface area (TPSA) is 195 Å². The lowest BCUT2D eigenvalue weighted by Gasteiger charge is -2.17. The van der Waals surface area contributed by atoms with Crippen LogP contribution in [-0.4, -0.2) is 50.9 Å². The molecule has 546 valence electrons. The minimum absolute atomic E-state index is 0.280. The van der Waals surface area contributed by atoms with E-state index < -0.39 is 23.9 Å². The van der Waals surface area contributed by atoms with Crippen LogP contribution in [0.1, 0.15) is 115 Å². The van der Waals surface area contributed by atoms with E-state index in [2.05, 4.69) is 22.0 Å². The number of hydrogen-bond acceptors (Lipinski definition) is 9. The van der Waals surface area contributed by atoms with Gasteiger partial charge >= 0.3 is 23.9 Å². The molecule has 0 amide bonds. The Labute approximate surface area is 647 Å². The molecule has 0 atom stereocenters. The van der Waals surface area contributed by atoms with E-state index >= 15 is 0 Å². The van der Waals surface area contributed by atoms with Gasteiger partial charge in [0, 0.05) is 21.1 Å². The van der Waals surface area contributed by atoms with Crippen LogP contribution >= 0.6 is 50.7 Å². The normalized spacial score (nSPS) is 10.5. The second-order valence-electron chi connectivity index (χ2n) is 24.7. The Bertz CT molecular complexity index is 4800. The maximum Gasteiger partial charge on any atom is 0.335 e. The lowest BCUT2D eigenvalue weighted by atomic mass is 10.0.